The fourth-order valence-corrected chi connectivity index (χ4v) is 8.14. The Morgan fingerprint density at radius 1 is 0.827 bits per heavy atom. The minimum atomic E-state index is -4.49. The summed E-state index contributed by atoms with van der Waals surface area (Å²) in [6.45, 7) is 1.34. The third-order valence-corrected chi connectivity index (χ3v) is 11.4. The minimum Gasteiger partial charge on any atom is -0.495 e. The number of carbonyl (C=O) groups is 2. The maximum Gasteiger partial charge on any atom is 0.265 e. The lowest BCUT2D eigenvalue weighted by atomic mass is 9.94. The Labute approximate surface area is 311 Å². The van der Waals surface area contributed by atoms with Gasteiger partial charge in [0.2, 0.25) is 11.8 Å². The Bertz CT molecular complexity index is 1950. The summed E-state index contributed by atoms with van der Waals surface area (Å²) in [5.41, 5.74) is 2.67. The molecule has 1 aliphatic rings. The topological polar surface area (TPSA) is 114 Å². The smallest absolute Gasteiger partial charge is 0.265 e. The third kappa shape index (κ3) is 9.18. The van der Waals surface area contributed by atoms with E-state index in [2.05, 4.69) is 5.32 Å². The zero-order valence-electron chi connectivity index (χ0n) is 30.0. The number of carbonyl (C=O) groups excluding carboxylic acids is 2. The first-order chi connectivity index (χ1) is 25.0. The second-order valence-corrected chi connectivity index (χ2v) is 15.1. The Hall–Kier alpha value is -4.74. The molecular formula is C40H46ClN3O7S. The normalized spacial score (nSPS) is 13.9. The van der Waals surface area contributed by atoms with Crippen LogP contribution in [0.4, 0.5) is 5.69 Å². The summed E-state index contributed by atoms with van der Waals surface area (Å²) < 4.78 is 46.7. The molecule has 52 heavy (non-hydrogen) atoms. The molecule has 1 saturated carbocycles. The van der Waals surface area contributed by atoms with Gasteiger partial charge in [0.25, 0.3) is 10.0 Å². The number of methoxy groups -OCH3 is 3. The standard InChI is InChI=1S/C40H46ClN3O7S/c1-28-13-11-12-16-30(28)26-43(35(23-29-14-7-5-8-15-29)40(46)42-32-17-9-6-10-18-32)39(45)27-44(34-24-31(41)19-21-36(34)49-2)52(47,48)33-20-22-37(50-3)38(25-33)51-4/h5,7-8,11-16,19-22,24-25,32,35H,6,9-10,17-18,23,26-27H2,1-4H3,(H,42,46). The van der Waals surface area contributed by atoms with E-state index in [4.69, 9.17) is 25.8 Å². The van der Waals surface area contributed by atoms with E-state index < -0.39 is 28.5 Å². The number of sulfonamides is 1. The van der Waals surface area contributed by atoms with Crippen molar-refractivity contribution >= 4 is 39.1 Å². The molecule has 1 unspecified atom stereocenters. The molecular weight excluding hydrogens is 702 g/mol. The van der Waals surface area contributed by atoms with Gasteiger partial charge in [0.15, 0.2) is 11.5 Å². The van der Waals surface area contributed by atoms with Gasteiger partial charge in [-0.25, -0.2) is 8.42 Å². The maximum atomic E-state index is 15.0. The van der Waals surface area contributed by atoms with Crippen molar-refractivity contribution in [3.8, 4) is 17.2 Å². The van der Waals surface area contributed by atoms with Crippen molar-refractivity contribution in [1.82, 2.24) is 10.2 Å². The highest BCUT2D eigenvalue weighted by Gasteiger charge is 2.37. The van der Waals surface area contributed by atoms with Crippen LogP contribution >= 0.6 is 11.6 Å². The highest BCUT2D eigenvalue weighted by Crippen LogP contribution is 2.37. The lowest BCUT2D eigenvalue weighted by Gasteiger charge is -2.35. The molecule has 1 atom stereocenters. The summed E-state index contributed by atoms with van der Waals surface area (Å²) in [6.07, 6.45) is 5.10. The largest absolute Gasteiger partial charge is 0.495 e. The Morgan fingerprint density at radius 3 is 2.15 bits per heavy atom. The van der Waals surface area contributed by atoms with Gasteiger partial charge in [-0.2, -0.15) is 0 Å². The molecule has 5 rings (SSSR count). The summed E-state index contributed by atoms with van der Waals surface area (Å²) in [5.74, 6) is -0.165. The molecule has 0 radical (unpaired) electrons. The second-order valence-electron chi connectivity index (χ2n) is 12.8. The minimum absolute atomic E-state index is 0.00686. The monoisotopic (exact) mass is 747 g/mol. The van der Waals surface area contributed by atoms with Crippen LogP contribution in [0.15, 0.2) is 95.9 Å². The first-order valence-corrected chi connectivity index (χ1v) is 19.1. The lowest BCUT2D eigenvalue weighted by Crippen LogP contribution is -2.55. The number of rotatable bonds is 15. The van der Waals surface area contributed by atoms with Crippen LogP contribution in [0.5, 0.6) is 17.2 Å². The van der Waals surface area contributed by atoms with Crippen molar-refractivity contribution in [2.24, 2.45) is 0 Å². The van der Waals surface area contributed by atoms with Crippen LogP contribution in [0.1, 0.15) is 48.8 Å². The molecule has 0 saturated heterocycles. The van der Waals surface area contributed by atoms with Crippen LogP contribution in [-0.2, 0) is 32.6 Å². The van der Waals surface area contributed by atoms with E-state index in [0.29, 0.717) is 5.75 Å². The van der Waals surface area contributed by atoms with Crippen molar-refractivity contribution in [2.75, 3.05) is 32.2 Å². The van der Waals surface area contributed by atoms with Crippen LogP contribution < -0.4 is 23.8 Å². The number of hydrogen-bond donors (Lipinski definition) is 1. The van der Waals surface area contributed by atoms with Crippen molar-refractivity contribution < 1.29 is 32.2 Å². The number of benzene rings is 4. The Balaban J connectivity index is 1.63. The van der Waals surface area contributed by atoms with Crippen LogP contribution in [0.25, 0.3) is 0 Å². The number of ether oxygens (including phenoxy) is 3. The molecule has 1 fully saturated rings. The Kier molecular flexibility index (Phi) is 13.1. The molecule has 0 bridgehead atoms. The molecule has 0 aliphatic heterocycles. The summed E-state index contributed by atoms with van der Waals surface area (Å²) in [5, 5.41) is 3.47. The molecule has 1 N–H and O–H groups in total. The van der Waals surface area contributed by atoms with Crippen LogP contribution in [0.3, 0.4) is 0 Å². The number of nitrogens with one attached hydrogen (secondary N) is 1. The van der Waals surface area contributed by atoms with E-state index in [-0.39, 0.29) is 52.0 Å². The van der Waals surface area contributed by atoms with E-state index in [1.165, 1.54) is 50.5 Å². The summed E-state index contributed by atoms with van der Waals surface area (Å²) >= 11 is 6.44. The predicted octanol–water partition coefficient (Wildman–Crippen LogP) is 6.96. The molecule has 10 nitrogen and oxygen atoms in total. The molecule has 4 aromatic rings. The SMILES string of the molecule is COc1ccc(S(=O)(=O)N(CC(=O)N(Cc2ccccc2C)C(Cc2ccccc2)C(=O)NC2CCCCC2)c2cc(Cl)ccc2OC)cc1OC. The molecule has 0 spiro atoms. The average molecular weight is 748 g/mol. The number of amides is 2. The number of hydrogen-bond acceptors (Lipinski definition) is 7. The van der Waals surface area contributed by atoms with Crippen LogP contribution in [0.2, 0.25) is 5.02 Å². The van der Waals surface area contributed by atoms with Gasteiger partial charge in [0.1, 0.15) is 18.3 Å². The van der Waals surface area contributed by atoms with Gasteiger partial charge in [-0.1, -0.05) is 85.5 Å². The molecule has 12 heteroatoms. The maximum absolute atomic E-state index is 15.0. The van der Waals surface area contributed by atoms with E-state index in [9.17, 15) is 18.0 Å². The first kappa shape index (κ1) is 38.5. The quantitative estimate of drug-likeness (QED) is 0.140. The zero-order valence-corrected chi connectivity index (χ0v) is 31.6. The highest BCUT2D eigenvalue weighted by atomic mass is 35.5. The number of halogens is 1. The van der Waals surface area contributed by atoms with Gasteiger partial charge in [-0.3, -0.25) is 13.9 Å². The van der Waals surface area contributed by atoms with E-state index >= 15 is 0 Å². The third-order valence-electron chi connectivity index (χ3n) is 9.46. The van der Waals surface area contributed by atoms with Gasteiger partial charge >= 0.3 is 0 Å². The molecule has 0 aromatic heterocycles. The van der Waals surface area contributed by atoms with E-state index in [1.807, 2.05) is 61.5 Å². The first-order valence-electron chi connectivity index (χ1n) is 17.3. The van der Waals surface area contributed by atoms with Gasteiger partial charge in [-0.15, -0.1) is 0 Å². The molecule has 276 valence electrons. The van der Waals surface area contributed by atoms with Crippen molar-refractivity contribution in [3.63, 3.8) is 0 Å². The molecule has 2 amide bonds. The second kappa shape index (κ2) is 17.7. The fraction of sp³-hybridized carbons (Fsp3) is 0.350. The highest BCUT2D eigenvalue weighted by molar-refractivity contribution is 7.92. The number of aryl methyl sites for hydroxylation is 1. The van der Waals surface area contributed by atoms with Gasteiger partial charge in [0.05, 0.1) is 31.9 Å². The van der Waals surface area contributed by atoms with Crippen LogP contribution in [-0.4, -0.2) is 65.1 Å². The Morgan fingerprint density at radius 2 is 1.48 bits per heavy atom. The molecule has 1 aliphatic carbocycles. The number of nitrogens with zero attached hydrogens (tertiary/aromatic N) is 2. The lowest BCUT2D eigenvalue weighted by molar-refractivity contribution is -0.140. The van der Waals surface area contributed by atoms with E-state index in [1.54, 1.807) is 12.1 Å². The van der Waals surface area contributed by atoms with Gasteiger partial charge in [-0.05, 0) is 66.8 Å². The van der Waals surface area contributed by atoms with Gasteiger partial charge in [0, 0.05) is 30.1 Å². The summed E-state index contributed by atoms with van der Waals surface area (Å²) in [4.78, 5) is 30.7. The van der Waals surface area contributed by atoms with Gasteiger partial charge < -0.3 is 24.4 Å². The average Bonchev–Trinajstić information content (AvgIpc) is 3.16. The van der Waals surface area contributed by atoms with E-state index in [0.717, 1.165) is 53.1 Å². The number of anilines is 1. The fourth-order valence-electron chi connectivity index (χ4n) is 6.54. The predicted molar refractivity (Wildman–Crippen MR) is 203 cm³/mol. The van der Waals surface area contributed by atoms with Crippen molar-refractivity contribution in [3.05, 3.63) is 113 Å². The molecule has 0 heterocycles. The summed E-state index contributed by atoms with van der Waals surface area (Å²) in [7, 11) is -0.220. The summed E-state index contributed by atoms with van der Waals surface area (Å²) in [6, 6.07) is 24.9. The molecule has 4 aromatic carbocycles. The van der Waals surface area contributed by atoms with Crippen molar-refractivity contribution in [1.29, 1.82) is 0 Å². The zero-order chi connectivity index (χ0) is 37.3. The van der Waals surface area contributed by atoms with Crippen molar-refractivity contribution in [2.45, 2.75) is 69.0 Å². The van der Waals surface area contributed by atoms with Crippen LogP contribution in [0, 0.1) is 6.92 Å².